The molecule has 58 valence electrons. The Morgan fingerprint density at radius 1 is 1.64 bits per heavy atom. The number of ether oxygens (including phenoxy) is 1. The van der Waals surface area contributed by atoms with Crippen LogP contribution in [0.15, 0.2) is 18.5 Å². The van der Waals surface area contributed by atoms with Crippen molar-refractivity contribution in [2.75, 3.05) is 6.61 Å². The molecule has 3 nitrogen and oxygen atoms in total. The number of nitrogens with zero attached hydrogens (tertiary/aromatic N) is 1. The maximum atomic E-state index is 10.3. The van der Waals surface area contributed by atoms with Crippen molar-refractivity contribution < 1.29 is 9.53 Å². The fourth-order valence-electron chi connectivity index (χ4n) is 0.746. The summed E-state index contributed by atoms with van der Waals surface area (Å²) < 4.78 is 5.13. The van der Waals surface area contributed by atoms with E-state index >= 15 is 0 Å². The van der Waals surface area contributed by atoms with Gasteiger partial charge >= 0.3 is 0 Å². The molecule has 0 unspecified atom stereocenters. The first kappa shape index (κ1) is 7.72. The molecule has 3 heteroatoms. The number of hydrogen-bond acceptors (Lipinski definition) is 3. The molecule has 1 heterocycles. The largest absolute Gasteiger partial charge is 0.492 e. The van der Waals surface area contributed by atoms with Crippen LogP contribution in [-0.4, -0.2) is 17.9 Å². The first-order chi connectivity index (χ1) is 5.36. The molecule has 0 radical (unpaired) electrons. The quantitative estimate of drug-likeness (QED) is 0.611. The van der Waals surface area contributed by atoms with Crippen LogP contribution < -0.4 is 4.74 Å². The van der Waals surface area contributed by atoms with Crippen LogP contribution in [0.2, 0.25) is 0 Å². The van der Waals surface area contributed by atoms with Crippen molar-refractivity contribution in [3.05, 3.63) is 24.0 Å². The molecule has 0 N–H and O–H groups in total. The summed E-state index contributed by atoms with van der Waals surface area (Å²) in [5.41, 5.74) is 0.538. The van der Waals surface area contributed by atoms with Gasteiger partial charge < -0.3 is 4.74 Å². The summed E-state index contributed by atoms with van der Waals surface area (Å²) in [5, 5.41) is 0. The SMILES string of the molecule is CCOc1cncc(C=O)c1. The highest BCUT2D eigenvalue weighted by Gasteiger charge is 1.93. The van der Waals surface area contributed by atoms with Crippen LogP contribution >= 0.6 is 0 Å². The molecular weight excluding hydrogens is 142 g/mol. The average molecular weight is 151 g/mol. The zero-order chi connectivity index (χ0) is 8.10. The smallest absolute Gasteiger partial charge is 0.151 e. The lowest BCUT2D eigenvalue weighted by Crippen LogP contribution is -1.93. The molecule has 0 aliphatic carbocycles. The van der Waals surface area contributed by atoms with Crippen LogP contribution in [0.4, 0.5) is 0 Å². The van der Waals surface area contributed by atoms with Crippen molar-refractivity contribution in [3.8, 4) is 5.75 Å². The van der Waals surface area contributed by atoms with Gasteiger partial charge in [0.2, 0.25) is 0 Å². The lowest BCUT2D eigenvalue weighted by Gasteiger charge is -2.00. The Kier molecular flexibility index (Phi) is 2.60. The second-order valence-electron chi connectivity index (χ2n) is 2.00. The molecule has 0 saturated heterocycles. The van der Waals surface area contributed by atoms with Gasteiger partial charge in [-0.05, 0) is 13.0 Å². The van der Waals surface area contributed by atoms with Gasteiger partial charge in [-0.15, -0.1) is 0 Å². The number of pyridine rings is 1. The maximum absolute atomic E-state index is 10.3. The standard InChI is InChI=1S/C8H9NO2/c1-2-11-8-3-7(6-10)4-9-5-8/h3-6H,2H2,1H3. The van der Waals surface area contributed by atoms with E-state index in [1.807, 2.05) is 6.92 Å². The van der Waals surface area contributed by atoms with Crippen molar-refractivity contribution >= 4 is 6.29 Å². The Labute approximate surface area is 65.0 Å². The first-order valence-electron chi connectivity index (χ1n) is 3.40. The van der Waals surface area contributed by atoms with E-state index < -0.39 is 0 Å². The van der Waals surface area contributed by atoms with Crippen LogP contribution in [-0.2, 0) is 0 Å². The first-order valence-corrected chi connectivity index (χ1v) is 3.40. The van der Waals surface area contributed by atoms with Crippen LogP contribution in [0.1, 0.15) is 17.3 Å². The Bertz CT molecular complexity index is 248. The van der Waals surface area contributed by atoms with E-state index in [0.717, 1.165) is 6.29 Å². The summed E-state index contributed by atoms with van der Waals surface area (Å²) in [7, 11) is 0. The molecule has 0 atom stereocenters. The number of rotatable bonds is 3. The van der Waals surface area contributed by atoms with Gasteiger partial charge in [0.25, 0.3) is 0 Å². The van der Waals surface area contributed by atoms with Gasteiger partial charge in [0, 0.05) is 11.8 Å². The van der Waals surface area contributed by atoms with Gasteiger partial charge in [-0.3, -0.25) is 9.78 Å². The molecular formula is C8H9NO2. The number of carbonyl (C=O) groups excluding carboxylic acids is 1. The predicted octanol–water partition coefficient (Wildman–Crippen LogP) is 1.29. The molecule has 0 aliphatic rings. The lowest BCUT2D eigenvalue weighted by molar-refractivity contribution is 0.112. The zero-order valence-electron chi connectivity index (χ0n) is 6.28. The monoisotopic (exact) mass is 151 g/mol. The normalized spacial score (nSPS) is 9.18. The van der Waals surface area contributed by atoms with Crippen molar-refractivity contribution in [1.82, 2.24) is 4.98 Å². The second-order valence-corrected chi connectivity index (χ2v) is 2.00. The molecule has 0 fully saturated rings. The number of hydrogen-bond donors (Lipinski definition) is 0. The topological polar surface area (TPSA) is 39.2 Å². The maximum Gasteiger partial charge on any atom is 0.151 e. The molecule has 11 heavy (non-hydrogen) atoms. The Balaban J connectivity index is 2.82. The highest BCUT2D eigenvalue weighted by Crippen LogP contribution is 2.08. The summed E-state index contributed by atoms with van der Waals surface area (Å²) in [6, 6.07) is 1.66. The van der Waals surface area contributed by atoms with Gasteiger partial charge in [-0.25, -0.2) is 0 Å². The van der Waals surface area contributed by atoms with Crippen molar-refractivity contribution in [1.29, 1.82) is 0 Å². The number of aromatic nitrogens is 1. The number of aldehydes is 1. The third kappa shape index (κ3) is 2.04. The molecule has 0 spiro atoms. The summed E-state index contributed by atoms with van der Waals surface area (Å²) in [6.07, 6.45) is 3.82. The van der Waals surface area contributed by atoms with E-state index in [1.165, 1.54) is 6.20 Å². The predicted molar refractivity (Wildman–Crippen MR) is 40.8 cm³/mol. The summed E-state index contributed by atoms with van der Waals surface area (Å²) in [4.78, 5) is 14.1. The lowest BCUT2D eigenvalue weighted by atomic mass is 10.3. The fourth-order valence-corrected chi connectivity index (χ4v) is 0.746. The minimum absolute atomic E-state index is 0.538. The van der Waals surface area contributed by atoms with Crippen molar-refractivity contribution in [2.24, 2.45) is 0 Å². The highest BCUT2D eigenvalue weighted by molar-refractivity contribution is 5.74. The van der Waals surface area contributed by atoms with E-state index in [2.05, 4.69) is 4.98 Å². The minimum atomic E-state index is 0.538. The van der Waals surface area contributed by atoms with Crippen molar-refractivity contribution in [2.45, 2.75) is 6.92 Å². The molecule has 1 aromatic heterocycles. The molecule has 0 amide bonds. The average Bonchev–Trinajstić information content (AvgIpc) is 2.06. The van der Waals surface area contributed by atoms with Gasteiger partial charge in [0.1, 0.15) is 5.75 Å². The van der Waals surface area contributed by atoms with Crippen LogP contribution in [0.25, 0.3) is 0 Å². The summed E-state index contributed by atoms with van der Waals surface area (Å²) in [5.74, 6) is 0.636. The molecule has 1 rings (SSSR count). The van der Waals surface area contributed by atoms with Crippen LogP contribution in [0, 0.1) is 0 Å². The van der Waals surface area contributed by atoms with Crippen molar-refractivity contribution in [3.63, 3.8) is 0 Å². The minimum Gasteiger partial charge on any atom is -0.492 e. The van der Waals surface area contributed by atoms with Gasteiger partial charge in [-0.2, -0.15) is 0 Å². The van der Waals surface area contributed by atoms with E-state index in [4.69, 9.17) is 4.74 Å². The highest BCUT2D eigenvalue weighted by atomic mass is 16.5. The van der Waals surface area contributed by atoms with Crippen LogP contribution in [0.5, 0.6) is 5.75 Å². The van der Waals surface area contributed by atoms with E-state index in [-0.39, 0.29) is 0 Å². The second kappa shape index (κ2) is 3.71. The third-order valence-electron chi connectivity index (χ3n) is 1.18. The molecule has 0 aromatic carbocycles. The van der Waals surface area contributed by atoms with Gasteiger partial charge in [0.05, 0.1) is 12.8 Å². The van der Waals surface area contributed by atoms with E-state index in [0.29, 0.717) is 17.9 Å². The molecule has 0 aliphatic heterocycles. The Hall–Kier alpha value is -1.38. The Morgan fingerprint density at radius 3 is 3.09 bits per heavy atom. The third-order valence-corrected chi connectivity index (χ3v) is 1.18. The molecule has 0 saturated carbocycles. The summed E-state index contributed by atoms with van der Waals surface area (Å²) >= 11 is 0. The van der Waals surface area contributed by atoms with Gasteiger partial charge in [0.15, 0.2) is 6.29 Å². The fraction of sp³-hybridized carbons (Fsp3) is 0.250. The van der Waals surface area contributed by atoms with E-state index in [1.54, 1.807) is 12.3 Å². The molecule has 1 aromatic rings. The number of carbonyl (C=O) groups is 1. The Morgan fingerprint density at radius 2 is 2.45 bits per heavy atom. The van der Waals surface area contributed by atoms with Crippen LogP contribution in [0.3, 0.4) is 0 Å². The van der Waals surface area contributed by atoms with E-state index in [9.17, 15) is 4.79 Å². The molecule has 0 bridgehead atoms. The van der Waals surface area contributed by atoms with Gasteiger partial charge in [-0.1, -0.05) is 0 Å². The zero-order valence-corrected chi connectivity index (χ0v) is 6.28. The summed E-state index contributed by atoms with van der Waals surface area (Å²) in [6.45, 7) is 2.47.